The highest BCUT2D eigenvalue weighted by Crippen LogP contribution is 2.29. The number of hydrogen-bond donors (Lipinski definition) is 0. The van der Waals surface area contributed by atoms with Crippen molar-refractivity contribution in [1.29, 1.82) is 5.26 Å². The Balaban J connectivity index is 2.08. The molecular weight excluding hydrogens is 198 g/mol. The van der Waals surface area contributed by atoms with Gasteiger partial charge in [0, 0.05) is 24.8 Å². The van der Waals surface area contributed by atoms with Crippen molar-refractivity contribution >= 4 is 0 Å². The molecule has 0 aromatic carbocycles. The average molecular weight is 215 g/mol. The predicted molar refractivity (Wildman–Crippen MR) is 62.6 cm³/mol. The van der Waals surface area contributed by atoms with Crippen LogP contribution in [0.2, 0.25) is 0 Å². The summed E-state index contributed by atoms with van der Waals surface area (Å²) in [4.78, 5) is 6.49. The second kappa shape index (κ2) is 4.23. The van der Waals surface area contributed by atoms with Crippen molar-refractivity contribution in [1.82, 2.24) is 9.88 Å². The van der Waals surface area contributed by atoms with Crippen LogP contribution in [0.1, 0.15) is 31.5 Å². The number of nitriles is 1. The molecule has 1 aliphatic rings. The third-order valence-corrected chi connectivity index (χ3v) is 3.15. The van der Waals surface area contributed by atoms with Crippen LogP contribution < -0.4 is 0 Å². The van der Waals surface area contributed by atoms with Crippen molar-refractivity contribution < 1.29 is 0 Å². The van der Waals surface area contributed by atoms with Crippen LogP contribution in [0.4, 0.5) is 0 Å². The Morgan fingerprint density at radius 3 is 3.00 bits per heavy atom. The van der Waals surface area contributed by atoms with E-state index in [-0.39, 0.29) is 0 Å². The first-order valence-corrected chi connectivity index (χ1v) is 5.67. The van der Waals surface area contributed by atoms with Crippen LogP contribution in [0.15, 0.2) is 18.3 Å². The molecule has 0 atom stereocenters. The summed E-state index contributed by atoms with van der Waals surface area (Å²) in [6.07, 6.45) is 2.91. The molecule has 84 valence electrons. The van der Waals surface area contributed by atoms with Gasteiger partial charge in [-0.2, -0.15) is 5.26 Å². The molecule has 2 rings (SSSR count). The van der Waals surface area contributed by atoms with Crippen molar-refractivity contribution in [3.63, 3.8) is 0 Å². The maximum absolute atomic E-state index is 8.96. The smallest absolute Gasteiger partial charge is 0.144 e. The third kappa shape index (κ3) is 2.40. The van der Waals surface area contributed by atoms with Gasteiger partial charge in [0.25, 0.3) is 0 Å². The van der Waals surface area contributed by atoms with Crippen molar-refractivity contribution in [3.05, 3.63) is 29.6 Å². The van der Waals surface area contributed by atoms with Crippen LogP contribution in [0.25, 0.3) is 0 Å². The highest BCUT2D eigenvalue weighted by Gasteiger charge is 2.29. The third-order valence-electron chi connectivity index (χ3n) is 3.15. The van der Waals surface area contributed by atoms with Gasteiger partial charge >= 0.3 is 0 Å². The minimum absolute atomic E-state index is 0.412. The fourth-order valence-electron chi connectivity index (χ4n) is 2.27. The second-order valence-corrected chi connectivity index (χ2v) is 5.25. The molecule has 0 N–H and O–H groups in total. The van der Waals surface area contributed by atoms with Gasteiger partial charge in [0.15, 0.2) is 0 Å². The van der Waals surface area contributed by atoms with E-state index < -0.39 is 0 Å². The summed E-state index contributed by atoms with van der Waals surface area (Å²) < 4.78 is 0. The van der Waals surface area contributed by atoms with Crippen LogP contribution in [-0.4, -0.2) is 23.0 Å². The van der Waals surface area contributed by atoms with Gasteiger partial charge in [-0.15, -0.1) is 0 Å². The number of aromatic nitrogens is 1. The zero-order valence-electron chi connectivity index (χ0n) is 9.90. The van der Waals surface area contributed by atoms with Crippen LogP contribution in [0.3, 0.4) is 0 Å². The molecule has 3 heteroatoms. The highest BCUT2D eigenvalue weighted by atomic mass is 15.2. The molecule has 1 aliphatic heterocycles. The Labute approximate surface area is 96.7 Å². The normalized spacial score (nSPS) is 19.6. The van der Waals surface area contributed by atoms with Crippen LogP contribution in [-0.2, 0) is 6.54 Å². The molecule has 0 unspecified atom stereocenters. The van der Waals surface area contributed by atoms with E-state index in [2.05, 4.69) is 29.8 Å². The molecule has 1 saturated heterocycles. The highest BCUT2D eigenvalue weighted by molar-refractivity contribution is 5.30. The standard InChI is InChI=1S/C13H17N3/c1-13(2)5-7-16(10-13)9-11-4-3-6-15-12(11)8-14/h3-4,6H,5,7,9-10H2,1-2H3. The van der Waals surface area contributed by atoms with E-state index in [1.807, 2.05) is 12.1 Å². The summed E-state index contributed by atoms with van der Waals surface area (Å²) in [6, 6.07) is 6.05. The summed E-state index contributed by atoms with van der Waals surface area (Å²) >= 11 is 0. The lowest BCUT2D eigenvalue weighted by Gasteiger charge is -2.19. The first-order chi connectivity index (χ1) is 7.61. The topological polar surface area (TPSA) is 39.9 Å². The SMILES string of the molecule is CC1(C)CCN(Cc2cccnc2C#N)C1. The molecule has 0 radical (unpaired) electrons. The molecule has 0 bridgehead atoms. The van der Waals surface area contributed by atoms with Crippen LogP contribution in [0, 0.1) is 16.7 Å². The van der Waals surface area contributed by atoms with Crippen molar-refractivity contribution in [2.45, 2.75) is 26.8 Å². The molecule has 2 heterocycles. The summed E-state index contributed by atoms with van der Waals surface area (Å²) in [6.45, 7) is 7.66. The number of likely N-dealkylation sites (tertiary alicyclic amines) is 1. The van der Waals surface area contributed by atoms with Crippen LogP contribution in [0.5, 0.6) is 0 Å². The van der Waals surface area contributed by atoms with Gasteiger partial charge in [-0.05, 0) is 24.4 Å². The Hall–Kier alpha value is -1.40. The minimum atomic E-state index is 0.412. The van der Waals surface area contributed by atoms with E-state index in [0.29, 0.717) is 11.1 Å². The van der Waals surface area contributed by atoms with Gasteiger partial charge in [0.1, 0.15) is 11.8 Å². The lowest BCUT2D eigenvalue weighted by Crippen LogP contribution is -2.23. The van der Waals surface area contributed by atoms with Gasteiger partial charge in [-0.25, -0.2) is 4.98 Å². The molecule has 0 amide bonds. The number of nitrogens with zero attached hydrogens (tertiary/aromatic N) is 3. The molecule has 3 nitrogen and oxygen atoms in total. The van der Waals surface area contributed by atoms with E-state index in [4.69, 9.17) is 5.26 Å². The van der Waals surface area contributed by atoms with Crippen molar-refractivity contribution in [3.8, 4) is 6.07 Å². The molecule has 0 spiro atoms. The fraction of sp³-hybridized carbons (Fsp3) is 0.538. The lowest BCUT2D eigenvalue weighted by molar-refractivity contribution is 0.284. The zero-order chi connectivity index (χ0) is 11.6. The van der Waals surface area contributed by atoms with E-state index >= 15 is 0 Å². The summed E-state index contributed by atoms with van der Waals surface area (Å²) in [5.74, 6) is 0. The number of rotatable bonds is 2. The molecular formula is C13H17N3. The van der Waals surface area contributed by atoms with E-state index in [9.17, 15) is 0 Å². The second-order valence-electron chi connectivity index (χ2n) is 5.25. The quantitative estimate of drug-likeness (QED) is 0.759. The minimum Gasteiger partial charge on any atom is -0.298 e. The van der Waals surface area contributed by atoms with Crippen LogP contribution >= 0.6 is 0 Å². The monoisotopic (exact) mass is 215 g/mol. The van der Waals surface area contributed by atoms with E-state index in [1.54, 1.807) is 6.20 Å². The van der Waals surface area contributed by atoms with Gasteiger partial charge in [0.2, 0.25) is 0 Å². The first kappa shape index (κ1) is 11.1. The average Bonchev–Trinajstić information content (AvgIpc) is 2.59. The predicted octanol–water partition coefficient (Wildman–Crippen LogP) is 2.19. The summed E-state index contributed by atoms with van der Waals surface area (Å²) in [7, 11) is 0. The molecule has 0 aliphatic carbocycles. The van der Waals surface area contributed by atoms with Gasteiger partial charge in [0.05, 0.1) is 0 Å². The summed E-state index contributed by atoms with van der Waals surface area (Å²) in [5, 5.41) is 8.96. The Kier molecular flexibility index (Phi) is 2.93. The largest absolute Gasteiger partial charge is 0.298 e. The maximum atomic E-state index is 8.96. The molecule has 1 aromatic heterocycles. The Morgan fingerprint density at radius 1 is 1.56 bits per heavy atom. The molecule has 0 saturated carbocycles. The Bertz CT molecular complexity index is 417. The summed E-state index contributed by atoms with van der Waals surface area (Å²) in [5.41, 5.74) is 2.02. The number of hydrogen-bond acceptors (Lipinski definition) is 3. The van der Waals surface area contributed by atoms with Gasteiger partial charge in [-0.1, -0.05) is 19.9 Å². The van der Waals surface area contributed by atoms with E-state index in [0.717, 1.165) is 25.2 Å². The maximum Gasteiger partial charge on any atom is 0.144 e. The first-order valence-electron chi connectivity index (χ1n) is 5.67. The molecule has 16 heavy (non-hydrogen) atoms. The lowest BCUT2D eigenvalue weighted by atomic mass is 9.93. The molecule has 1 aromatic rings. The number of pyridine rings is 1. The van der Waals surface area contributed by atoms with Crippen molar-refractivity contribution in [2.75, 3.05) is 13.1 Å². The van der Waals surface area contributed by atoms with Gasteiger partial charge < -0.3 is 0 Å². The Morgan fingerprint density at radius 2 is 2.38 bits per heavy atom. The zero-order valence-corrected chi connectivity index (χ0v) is 9.90. The van der Waals surface area contributed by atoms with Crippen molar-refractivity contribution in [2.24, 2.45) is 5.41 Å². The van der Waals surface area contributed by atoms with Gasteiger partial charge in [-0.3, -0.25) is 4.90 Å². The fourth-order valence-corrected chi connectivity index (χ4v) is 2.27. The molecule has 1 fully saturated rings. The van der Waals surface area contributed by atoms with E-state index in [1.165, 1.54) is 6.42 Å².